The SMILES string of the molecule is CC1C=c2[nH]c(=O)c3cnn([C@H]4CCOC4)c3c2=CC1C(=O)N1CCC(OCC(C)(F)F)CC1. The van der Waals surface area contributed by atoms with E-state index in [1.807, 2.05) is 23.8 Å². The van der Waals surface area contributed by atoms with Crippen molar-refractivity contribution >= 4 is 29.0 Å². The molecule has 2 aliphatic heterocycles. The Balaban J connectivity index is 1.41. The zero-order chi connectivity index (χ0) is 24.0. The van der Waals surface area contributed by atoms with Crippen LogP contribution >= 0.6 is 0 Å². The number of aromatic amines is 1. The van der Waals surface area contributed by atoms with Gasteiger partial charge in [-0.15, -0.1) is 0 Å². The summed E-state index contributed by atoms with van der Waals surface area (Å²) < 4.78 is 38.9. The van der Waals surface area contributed by atoms with Crippen molar-refractivity contribution in [2.45, 2.75) is 51.2 Å². The fraction of sp³-hybridized carbons (Fsp3) is 0.625. The third kappa shape index (κ3) is 4.40. The lowest BCUT2D eigenvalue weighted by Crippen LogP contribution is -2.48. The number of rotatable bonds is 5. The van der Waals surface area contributed by atoms with Gasteiger partial charge in [-0.1, -0.05) is 19.1 Å². The summed E-state index contributed by atoms with van der Waals surface area (Å²) in [5.74, 6) is -3.34. The van der Waals surface area contributed by atoms with Crippen molar-refractivity contribution in [1.82, 2.24) is 19.7 Å². The van der Waals surface area contributed by atoms with Gasteiger partial charge < -0.3 is 19.4 Å². The van der Waals surface area contributed by atoms with E-state index in [4.69, 9.17) is 9.47 Å². The Bertz CT molecular complexity index is 1250. The van der Waals surface area contributed by atoms with Gasteiger partial charge in [0.1, 0.15) is 6.61 Å². The molecule has 4 heterocycles. The number of nitrogens with one attached hydrogen (secondary N) is 1. The summed E-state index contributed by atoms with van der Waals surface area (Å²) in [7, 11) is 0. The standard InChI is InChI=1S/C24H30F2N4O4/c1-14-9-20-18(21-19(22(31)28-20)11-27-30(21)15-5-8-33-12-15)10-17(14)23(32)29-6-3-16(4-7-29)34-13-24(2,25)26/h9-11,14-17H,3-8,12-13H2,1-2H3,(H,28,31)/t14?,15-,17?/m0/s1. The van der Waals surface area contributed by atoms with Gasteiger partial charge in [0.2, 0.25) is 5.91 Å². The lowest BCUT2D eigenvalue weighted by atomic mass is 9.87. The van der Waals surface area contributed by atoms with Crippen LogP contribution < -0.4 is 16.1 Å². The number of H-pyrrole nitrogens is 1. The van der Waals surface area contributed by atoms with E-state index < -0.39 is 12.5 Å². The zero-order valence-electron chi connectivity index (χ0n) is 19.4. The van der Waals surface area contributed by atoms with Crippen molar-refractivity contribution in [2.24, 2.45) is 11.8 Å². The zero-order valence-corrected chi connectivity index (χ0v) is 19.4. The molecule has 2 aromatic heterocycles. The predicted molar refractivity (Wildman–Crippen MR) is 122 cm³/mol. The van der Waals surface area contributed by atoms with Crippen LogP contribution in [0.15, 0.2) is 11.0 Å². The highest BCUT2D eigenvalue weighted by molar-refractivity contribution is 5.88. The Morgan fingerprint density at radius 1 is 1.29 bits per heavy atom. The average Bonchev–Trinajstić information content (AvgIpc) is 3.47. The summed E-state index contributed by atoms with van der Waals surface area (Å²) in [6.07, 6.45) is 7.12. The minimum Gasteiger partial charge on any atom is -0.379 e. The molecule has 8 nitrogen and oxygen atoms in total. The number of piperidine rings is 1. The van der Waals surface area contributed by atoms with Crippen molar-refractivity contribution in [3.05, 3.63) is 27.1 Å². The van der Waals surface area contributed by atoms with E-state index in [9.17, 15) is 18.4 Å². The maximum absolute atomic E-state index is 13.5. The number of nitrogens with zero attached hydrogens (tertiary/aromatic N) is 3. The highest BCUT2D eigenvalue weighted by atomic mass is 19.3. The molecule has 2 fully saturated rings. The van der Waals surface area contributed by atoms with E-state index >= 15 is 0 Å². The van der Waals surface area contributed by atoms with Crippen LogP contribution in [-0.4, -0.2) is 70.5 Å². The number of fused-ring (bicyclic) bond motifs is 3. The maximum atomic E-state index is 13.5. The van der Waals surface area contributed by atoms with Crippen LogP contribution in [0.5, 0.6) is 0 Å². The van der Waals surface area contributed by atoms with Gasteiger partial charge in [0.25, 0.3) is 11.5 Å². The number of hydrogen-bond acceptors (Lipinski definition) is 5. The molecule has 0 aromatic carbocycles. The Morgan fingerprint density at radius 2 is 2.06 bits per heavy atom. The number of amides is 1. The molecule has 2 aromatic rings. The molecule has 1 aliphatic carbocycles. The third-order valence-electron chi connectivity index (χ3n) is 7.04. The van der Waals surface area contributed by atoms with Crippen LogP contribution in [0.25, 0.3) is 23.1 Å². The lowest BCUT2D eigenvalue weighted by Gasteiger charge is -2.35. The molecule has 0 bridgehead atoms. The number of ether oxygens (including phenoxy) is 2. The van der Waals surface area contributed by atoms with Crippen LogP contribution in [0.1, 0.15) is 39.2 Å². The number of likely N-dealkylation sites (tertiary alicyclic amines) is 1. The number of halogens is 2. The van der Waals surface area contributed by atoms with Crippen LogP contribution in [0.2, 0.25) is 0 Å². The van der Waals surface area contributed by atoms with Crippen molar-refractivity contribution < 1.29 is 23.0 Å². The first-order chi connectivity index (χ1) is 16.2. The van der Waals surface area contributed by atoms with E-state index in [1.165, 1.54) is 0 Å². The maximum Gasteiger partial charge on any atom is 0.268 e. The molecule has 1 N–H and O–H groups in total. The fourth-order valence-corrected chi connectivity index (χ4v) is 5.19. The largest absolute Gasteiger partial charge is 0.379 e. The van der Waals surface area contributed by atoms with Gasteiger partial charge in [-0.2, -0.15) is 5.10 Å². The number of alkyl halides is 2. The summed E-state index contributed by atoms with van der Waals surface area (Å²) in [5.41, 5.74) is 0.545. The van der Waals surface area contributed by atoms with Gasteiger partial charge in [0, 0.05) is 37.2 Å². The van der Waals surface area contributed by atoms with Gasteiger partial charge in [0.15, 0.2) is 0 Å². The van der Waals surface area contributed by atoms with Crippen molar-refractivity contribution in [3.63, 3.8) is 0 Å². The van der Waals surface area contributed by atoms with Gasteiger partial charge in [-0.25, -0.2) is 8.78 Å². The molecule has 5 rings (SSSR count). The van der Waals surface area contributed by atoms with Gasteiger partial charge in [0.05, 0.1) is 41.8 Å². The molecule has 2 unspecified atom stereocenters. The minimum absolute atomic E-state index is 0.00304. The second-order valence-corrected chi connectivity index (χ2v) is 9.77. The molecule has 3 aliphatic rings. The first kappa shape index (κ1) is 23.2. The molecule has 0 spiro atoms. The Labute approximate surface area is 195 Å². The minimum atomic E-state index is -2.86. The quantitative estimate of drug-likeness (QED) is 0.700. The monoisotopic (exact) mass is 476 g/mol. The number of aromatic nitrogens is 3. The molecule has 184 valence electrons. The number of carbonyl (C=O) groups excluding carboxylic acids is 1. The smallest absolute Gasteiger partial charge is 0.268 e. The predicted octanol–water partition coefficient (Wildman–Crippen LogP) is 1.18. The van der Waals surface area contributed by atoms with E-state index in [0.29, 0.717) is 49.9 Å². The van der Waals surface area contributed by atoms with E-state index in [-0.39, 0.29) is 35.4 Å². The lowest BCUT2D eigenvalue weighted by molar-refractivity contribution is -0.139. The van der Waals surface area contributed by atoms with E-state index in [2.05, 4.69) is 10.1 Å². The fourth-order valence-electron chi connectivity index (χ4n) is 5.19. The summed E-state index contributed by atoms with van der Waals surface area (Å²) in [6, 6.07) is 0.0554. The molecule has 10 heteroatoms. The van der Waals surface area contributed by atoms with Crippen LogP contribution in [0, 0.1) is 11.8 Å². The molecule has 3 atom stereocenters. The average molecular weight is 477 g/mol. The molecule has 34 heavy (non-hydrogen) atoms. The first-order valence-corrected chi connectivity index (χ1v) is 11.9. The summed E-state index contributed by atoms with van der Waals surface area (Å²) in [6.45, 7) is 4.35. The first-order valence-electron chi connectivity index (χ1n) is 11.9. The summed E-state index contributed by atoms with van der Waals surface area (Å²) in [5, 5.41) is 6.52. The van der Waals surface area contributed by atoms with Crippen molar-refractivity contribution in [1.29, 1.82) is 0 Å². The number of hydrogen-bond donors (Lipinski definition) is 1. The second-order valence-electron chi connectivity index (χ2n) is 9.77. The Kier molecular flexibility index (Phi) is 6.05. The Morgan fingerprint density at radius 3 is 2.74 bits per heavy atom. The van der Waals surface area contributed by atoms with E-state index in [1.54, 1.807) is 11.1 Å². The summed E-state index contributed by atoms with van der Waals surface area (Å²) in [4.78, 5) is 30.9. The summed E-state index contributed by atoms with van der Waals surface area (Å²) >= 11 is 0. The highest BCUT2D eigenvalue weighted by Gasteiger charge is 2.33. The van der Waals surface area contributed by atoms with Crippen LogP contribution in [0.4, 0.5) is 8.78 Å². The highest BCUT2D eigenvalue weighted by Crippen LogP contribution is 2.25. The topological polar surface area (TPSA) is 89.4 Å². The van der Waals surface area contributed by atoms with Crippen LogP contribution in [-0.2, 0) is 14.3 Å². The van der Waals surface area contributed by atoms with Crippen molar-refractivity contribution in [3.8, 4) is 0 Å². The van der Waals surface area contributed by atoms with Gasteiger partial charge in [-0.3, -0.25) is 14.3 Å². The van der Waals surface area contributed by atoms with Gasteiger partial charge >= 0.3 is 0 Å². The van der Waals surface area contributed by atoms with Gasteiger partial charge in [-0.05, 0) is 25.2 Å². The molecule has 2 saturated heterocycles. The van der Waals surface area contributed by atoms with E-state index in [0.717, 1.165) is 24.1 Å². The third-order valence-corrected chi connectivity index (χ3v) is 7.04. The Hall–Kier alpha value is -2.59. The van der Waals surface area contributed by atoms with Crippen molar-refractivity contribution in [2.75, 3.05) is 32.9 Å². The molecule has 0 radical (unpaired) electrons. The number of carbonyl (C=O) groups is 1. The molecular weight excluding hydrogens is 446 g/mol. The number of pyridine rings is 1. The molecule has 0 saturated carbocycles. The second kappa shape index (κ2) is 8.88. The van der Waals surface area contributed by atoms with Crippen LogP contribution in [0.3, 0.4) is 0 Å². The normalized spacial score (nSPS) is 25.8. The molecule has 1 amide bonds. The molecular formula is C24H30F2N4O4.